The molecule has 0 unspecified atom stereocenters. The lowest BCUT2D eigenvalue weighted by Gasteiger charge is -2.62. The van der Waals surface area contributed by atoms with Crippen LogP contribution >= 0.6 is 0 Å². The second-order valence-corrected chi connectivity index (χ2v) is 14.8. The van der Waals surface area contributed by atoms with Crippen LogP contribution in [0.5, 0.6) is 0 Å². The van der Waals surface area contributed by atoms with Crippen molar-refractivity contribution in [3.8, 4) is 0 Å². The van der Waals surface area contributed by atoms with Crippen molar-refractivity contribution in [2.45, 2.75) is 101 Å². The molecule has 0 radical (unpaired) electrons. The van der Waals surface area contributed by atoms with Crippen molar-refractivity contribution in [2.24, 2.45) is 28.6 Å². The van der Waals surface area contributed by atoms with Gasteiger partial charge in [0.2, 0.25) is 0 Å². The molecule has 5 fully saturated rings. The molecule has 1 N–H and O–H groups in total. The molecule has 9 atom stereocenters. The smallest absolute Gasteiger partial charge is 0.264 e. The van der Waals surface area contributed by atoms with Gasteiger partial charge in [0.1, 0.15) is 6.61 Å². The zero-order valence-electron chi connectivity index (χ0n) is 22.9. The number of allylic oxidation sites excluding steroid dienone is 4. The molecule has 216 valence electrons. The molecule has 4 saturated carbocycles. The van der Waals surface area contributed by atoms with Crippen molar-refractivity contribution in [3.05, 3.63) is 23.8 Å². The molecule has 0 bridgehead atoms. The average Bonchev–Trinajstić information content (AvgIpc) is 3.38. The first-order valence-corrected chi connectivity index (χ1v) is 16.1. The van der Waals surface area contributed by atoms with E-state index in [1.54, 1.807) is 13.0 Å². The number of fused-ring (bicyclic) bond motifs is 7. The largest absolute Gasteiger partial charge is 0.390 e. The van der Waals surface area contributed by atoms with Crippen molar-refractivity contribution in [3.63, 3.8) is 0 Å². The van der Waals surface area contributed by atoms with Gasteiger partial charge in [-0.25, -0.2) is 4.39 Å². The van der Waals surface area contributed by atoms with E-state index < -0.39 is 69.0 Å². The maximum atomic E-state index is 17.5. The summed E-state index contributed by atoms with van der Waals surface area (Å²) in [7, 11) is -3.90. The van der Waals surface area contributed by atoms with Gasteiger partial charge in [0.05, 0.1) is 18.5 Å². The molecule has 6 aliphatic rings. The van der Waals surface area contributed by atoms with E-state index >= 15 is 4.39 Å². The Kier molecular flexibility index (Phi) is 6.40. The molecule has 39 heavy (non-hydrogen) atoms. The molecule has 1 saturated heterocycles. The monoisotopic (exact) mass is 566 g/mol. The van der Waals surface area contributed by atoms with E-state index in [9.17, 15) is 23.1 Å². The van der Waals surface area contributed by atoms with Crippen molar-refractivity contribution >= 4 is 21.7 Å². The summed E-state index contributed by atoms with van der Waals surface area (Å²) in [5.41, 5.74) is -5.07. The first kappa shape index (κ1) is 27.7. The number of halogens is 1. The maximum Gasteiger partial charge on any atom is 0.264 e. The number of ketones is 2. The molecule has 6 rings (SSSR count). The van der Waals surface area contributed by atoms with Crippen molar-refractivity contribution in [2.75, 3.05) is 12.9 Å². The van der Waals surface area contributed by atoms with E-state index in [4.69, 9.17) is 13.7 Å². The van der Waals surface area contributed by atoms with Crippen LogP contribution < -0.4 is 0 Å². The molecule has 0 aromatic heterocycles. The Bertz CT molecular complexity index is 1240. The number of ether oxygens (including phenoxy) is 2. The van der Waals surface area contributed by atoms with Gasteiger partial charge in [-0.15, -0.1) is 0 Å². The number of aliphatic hydroxyl groups is 1. The van der Waals surface area contributed by atoms with Gasteiger partial charge in [-0.05, 0) is 63.5 Å². The Labute approximate surface area is 229 Å². The zero-order chi connectivity index (χ0) is 28.0. The molecule has 0 amide bonds. The fraction of sp³-hybridized carbons (Fsp3) is 0.793. The quantitative estimate of drug-likeness (QED) is 0.502. The highest BCUT2D eigenvalue weighted by Gasteiger charge is 2.79. The van der Waals surface area contributed by atoms with E-state index in [0.29, 0.717) is 24.8 Å². The second kappa shape index (κ2) is 9.02. The van der Waals surface area contributed by atoms with E-state index in [1.165, 1.54) is 12.2 Å². The highest BCUT2D eigenvalue weighted by molar-refractivity contribution is 7.86. The van der Waals surface area contributed by atoms with Crippen LogP contribution in [0, 0.1) is 28.6 Å². The third-order valence-electron chi connectivity index (χ3n) is 11.3. The van der Waals surface area contributed by atoms with E-state index in [2.05, 4.69) is 0 Å². The van der Waals surface area contributed by atoms with Gasteiger partial charge in [-0.1, -0.05) is 37.8 Å². The molecule has 5 aliphatic carbocycles. The maximum absolute atomic E-state index is 17.5. The van der Waals surface area contributed by atoms with Crippen LogP contribution in [-0.4, -0.2) is 67.7 Å². The number of carbonyl (C=O) groups is 2. The Morgan fingerprint density at radius 1 is 1.18 bits per heavy atom. The predicted octanol–water partition coefficient (Wildman–Crippen LogP) is 3.57. The van der Waals surface area contributed by atoms with Crippen molar-refractivity contribution < 1.29 is 41.2 Å². The number of alkyl halides is 1. The minimum Gasteiger partial charge on any atom is -0.390 e. The average molecular weight is 567 g/mol. The highest BCUT2D eigenvalue weighted by atomic mass is 32.2. The molecule has 0 aromatic carbocycles. The van der Waals surface area contributed by atoms with Gasteiger partial charge in [-0.2, -0.15) is 8.42 Å². The molecule has 10 heteroatoms. The molecule has 0 spiro atoms. The summed E-state index contributed by atoms with van der Waals surface area (Å²) in [6.07, 6.45) is 8.92. The molecular formula is C29H39FO8S. The molecule has 8 nitrogen and oxygen atoms in total. The zero-order valence-corrected chi connectivity index (χ0v) is 23.7. The van der Waals surface area contributed by atoms with Crippen molar-refractivity contribution in [1.82, 2.24) is 0 Å². The van der Waals surface area contributed by atoms with Crippen LogP contribution in [-0.2, 0) is 33.4 Å². The van der Waals surface area contributed by atoms with Gasteiger partial charge in [0.15, 0.2) is 29.1 Å². The minimum atomic E-state index is -3.90. The van der Waals surface area contributed by atoms with E-state index in [1.807, 2.05) is 6.92 Å². The topological polar surface area (TPSA) is 116 Å². The summed E-state index contributed by atoms with van der Waals surface area (Å²) in [6.45, 7) is 2.93. The van der Waals surface area contributed by atoms with Crippen LogP contribution in [0.2, 0.25) is 0 Å². The van der Waals surface area contributed by atoms with Crippen LogP contribution in [0.15, 0.2) is 23.8 Å². The van der Waals surface area contributed by atoms with Gasteiger partial charge in [0, 0.05) is 22.7 Å². The Balaban J connectivity index is 1.40. The normalized spacial score (nSPS) is 47.7. The van der Waals surface area contributed by atoms with E-state index in [0.717, 1.165) is 38.4 Å². The number of carbonyl (C=O) groups excluding carboxylic acids is 2. The fourth-order valence-electron chi connectivity index (χ4n) is 9.37. The van der Waals surface area contributed by atoms with Crippen molar-refractivity contribution in [1.29, 1.82) is 0 Å². The lowest BCUT2D eigenvalue weighted by molar-refractivity contribution is -0.235. The van der Waals surface area contributed by atoms with E-state index in [-0.39, 0.29) is 24.0 Å². The lowest BCUT2D eigenvalue weighted by atomic mass is 9.44. The highest BCUT2D eigenvalue weighted by Crippen LogP contribution is 2.72. The SMILES string of the molecule is C[C@]12C=CC(=O)C=C1CC[C@H]1[C@@H]3C[C@H]4O[C@@H](C5CCCCC5)O[C@@]4(C(=O)COS(C)(=O)=O)[C@@]3(C)C[C@H](O)[C@@]12F. The summed E-state index contributed by atoms with van der Waals surface area (Å²) < 4.78 is 59.3. The number of aliphatic hydroxyl groups excluding tert-OH is 1. The summed E-state index contributed by atoms with van der Waals surface area (Å²) in [5.74, 6) is -1.58. The first-order valence-electron chi connectivity index (χ1n) is 14.3. The van der Waals surface area contributed by atoms with Gasteiger partial charge < -0.3 is 14.6 Å². The predicted molar refractivity (Wildman–Crippen MR) is 139 cm³/mol. The summed E-state index contributed by atoms with van der Waals surface area (Å²) in [4.78, 5) is 26.1. The number of rotatable bonds is 5. The second-order valence-electron chi connectivity index (χ2n) is 13.1. The summed E-state index contributed by atoms with van der Waals surface area (Å²) in [5, 5.41) is 11.7. The number of hydrogen-bond acceptors (Lipinski definition) is 8. The third-order valence-corrected chi connectivity index (χ3v) is 11.8. The molecule has 1 heterocycles. The number of hydrogen-bond donors (Lipinski definition) is 1. The Morgan fingerprint density at radius 3 is 2.59 bits per heavy atom. The molecule has 0 aromatic rings. The molecular weight excluding hydrogens is 527 g/mol. The van der Waals surface area contributed by atoms with Gasteiger partial charge in [0.25, 0.3) is 10.1 Å². The third kappa shape index (κ3) is 3.77. The number of Topliss-reactive ketones (excluding diaryl/α,β-unsaturated/α-hetero) is 1. The van der Waals surface area contributed by atoms with Crippen LogP contribution in [0.25, 0.3) is 0 Å². The lowest BCUT2D eigenvalue weighted by Crippen LogP contribution is -2.69. The fourth-order valence-corrected chi connectivity index (χ4v) is 9.69. The summed E-state index contributed by atoms with van der Waals surface area (Å²) >= 11 is 0. The van der Waals surface area contributed by atoms with Gasteiger partial charge >= 0.3 is 0 Å². The standard InChI is InChI=1S/C29H39FO8S/c1-26-12-11-19(31)13-18(26)9-10-20-21-14-24-29(23(33)16-36-39(3,34)35,27(21,2)15-22(32)28(20,26)30)38-25(37-24)17-7-5-4-6-8-17/h11-13,17,20-22,24-25,32H,4-10,14-16H2,1-3H3/t20-,21-,22-,24+,25+,26-,27-,28-,29+/m0/s1. The summed E-state index contributed by atoms with van der Waals surface area (Å²) in [6, 6.07) is 0. The first-order chi connectivity index (χ1) is 18.3. The van der Waals surface area contributed by atoms with Gasteiger partial charge in [-0.3, -0.25) is 13.8 Å². The Hall–Kier alpha value is -1.46. The van der Waals surface area contributed by atoms with Crippen LogP contribution in [0.1, 0.15) is 71.6 Å². The van der Waals surface area contributed by atoms with Crippen LogP contribution in [0.3, 0.4) is 0 Å². The Morgan fingerprint density at radius 2 is 1.90 bits per heavy atom. The molecule has 1 aliphatic heterocycles. The minimum absolute atomic E-state index is 0.0583. The van der Waals surface area contributed by atoms with Crippen LogP contribution in [0.4, 0.5) is 4.39 Å².